The molecule has 2 N–H and O–H groups in total. The maximum Gasteiger partial charge on any atom is 0.137 e. The zero-order valence-corrected chi connectivity index (χ0v) is 11.6. The van der Waals surface area contributed by atoms with Crippen LogP contribution in [0.5, 0.6) is 5.75 Å². The zero-order valence-electron chi connectivity index (χ0n) is 11.6. The van der Waals surface area contributed by atoms with Gasteiger partial charge < -0.3 is 10.5 Å². The van der Waals surface area contributed by atoms with Crippen molar-refractivity contribution in [2.24, 2.45) is 5.73 Å². The normalized spacial score (nSPS) is 10.9. The van der Waals surface area contributed by atoms with Gasteiger partial charge in [0.2, 0.25) is 0 Å². The van der Waals surface area contributed by atoms with Gasteiger partial charge in [0.05, 0.1) is 18.5 Å². The molecule has 4 heteroatoms. The van der Waals surface area contributed by atoms with Crippen molar-refractivity contribution in [2.75, 3.05) is 7.11 Å². The molecule has 0 spiro atoms. The van der Waals surface area contributed by atoms with Crippen LogP contribution in [0.25, 0.3) is 16.9 Å². The number of fused-ring (bicyclic) bond motifs is 1. The van der Waals surface area contributed by atoms with Crippen LogP contribution in [0.1, 0.15) is 11.3 Å². The minimum Gasteiger partial charge on any atom is -0.497 e. The molecule has 0 saturated carbocycles. The second-order valence-electron chi connectivity index (χ2n) is 4.74. The van der Waals surface area contributed by atoms with E-state index in [4.69, 9.17) is 10.5 Å². The van der Waals surface area contributed by atoms with E-state index in [0.29, 0.717) is 6.54 Å². The van der Waals surface area contributed by atoms with Gasteiger partial charge in [-0.2, -0.15) is 0 Å². The summed E-state index contributed by atoms with van der Waals surface area (Å²) in [5, 5.41) is 0. The smallest absolute Gasteiger partial charge is 0.137 e. The maximum atomic E-state index is 5.68. The van der Waals surface area contributed by atoms with Gasteiger partial charge in [0.15, 0.2) is 0 Å². The average Bonchev–Trinajstić information content (AvgIpc) is 2.82. The molecule has 2 aromatic heterocycles. The lowest BCUT2D eigenvalue weighted by molar-refractivity contribution is 0.415. The van der Waals surface area contributed by atoms with Crippen LogP contribution in [0.3, 0.4) is 0 Å². The molecule has 1 aromatic carbocycles. The Morgan fingerprint density at radius 2 is 1.95 bits per heavy atom. The van der Waals surface area contributed by atoms with Crippen molar-refractivity contribution in [3.63, 3.8) is 0 Å². The van der Waals surface area contributed by atoms with E-state index in [9.17, 15) is 0 Å². The molecule has 0 fully saturated rings. The van der Waals surface area contributed by atoms with Crippen LogP contribution >= 0.6 is 0 Å². The van der Waals surface area contributed by atoms with Crippen molar-refractivity contribution >= 4 is 5.65 Å². The van der Waals surface area contributed by atoms with Gasteiger partial charge >= 0.3 is 0 Å². The number of rotatable bonds is 3. The highest BCUT2D eigenvalue weighted by Crippen LogP contribution is 2.26. The van der Waals surface area contributed by atoms with Gasteiger partial charge in [-0.25, -0.2) is 4.98 Å². The Kier molecular flexibility index (Phi) is 3.16. The minimum atomic E-state index is 0.528. The summed E-state index contributed by atoms with van der Waals surface area (Å²) in [6.45, 7) is 2.55. The van der Waals surface area contributed by atoms with E-state index in [1.165, 1.54) is 0 Å². The van der Waals surface area contributed by atoms with E-state index >= 15 is 0 Å². The summed E-state index contributed by atoms with van der Waals surface area (Å²) in [5.41, 5.74) is 10.9. The second kappa shape index (κ2) is 4.98. The number of nitrogens with zero attached hydrogens (tertiary/aromatic N) is 2. The lowest BCUT2D eigenvalue weighted by Gasteiger charge is -2.06. The molecule has 20 heavy (non-hydrogen) atoms. The highest BCUT2D eigenvalue weighted by atomic mass is 16.5. The lowest BCUT2D eigenvalue weighted by atomic mass is 10.1. The fraction of sp³-hybridized carbons (Fsp3) is 0.188. The van der Waals surface area contributed by atoms with Crippen molar-refractivity contribution in [3.8, 4) is 17.0 Å². The second-order valence-corrected chi connectivity index (χ2v) is 4.74. The molecule has 0 unspecified atom stereocenters. The van der Waals surface area contributed by atoms with Gasteiger partial charge in [-0.1, -0.05) is 0 Å². The summed E-state index contributed by atoms with van der Waals surface area (Å²) in [5.74, 6) is 0.852. The Balaban J connectivity index is 2.16. The minimum absolute atomic E-state index is 0.528. The molecule has 3 aromatic rings. The van der Waals surface area contributed by atoms with Crippen LogP contribution in [0.4, 0.5) is 0 Å². The third-order valence-corrected chi connectivity index (χ3v) is 3.46. The molecule has 3 rings (SSSR count). The molecule has 0 bridgehead atoms. The third kappa shape index (κ3) is 2.04. The Morgan fingerprint density at radius 1 is 1.20 bits per heavy atom. The number of nitrogens with two attached hydrogens (primary N) is 1. The van der Waals surface area contributed by atoms with E-state index in [0.717, 1.165) is 33.9 Å². The highest BCUT2D eigenvalue weighted by Gasteiger charge is 2.11. The maximum absolute atomic E-state index is 5.68. The fourth-order valence-corrected chi connectivity index (χ4v) is 2.43. The predicted molar refractivity (Wildman–Crippen MR) is 79.8 cm³/mol. The Morgan fingerprint density at radius 3 is 2.60 bits per heavy atom. The zero-order chi connectivity index (χ0) is 14.1. The first-order valence-electron chi connectivity index (χ1n) is 6.55. The molecule has 0 aliphatic rings. The number of methoxy groups -OCH3 is 1. The molecule has 102 valence electrons. The van der Waals surface area contributed by atoms with Crippen molar-refractivity contribution in [2.45, 2.75) is 13.5 Å². The summed E-state index contributed by atoms with van der Waals surface area (Å²) in [4.78, 5) is 4.62. The molecule has 0 aliphatic heterocycles. The molecule has 0 amide bonds. The van der Waals surface area contributed by atoms with E-state index in [2.05, 4.69) is 9.38 Å². The monoisotopic (exact) mass is 267 g/mol. The topological polar surface area (TPSA) is 52.5 Å². The Bertz CT molecular complexity index is 744. The van der Waals surface area contributed by atoms with Crippen LogP contribution in [0.15, 0.2) is 42.6 Å². The molecule has 0 aliphatic carbocycles. The summed E-state index contributed by atoms with van der Waals surface area (Å²) < 4.78 is 7.29. The van der Waals surface area contributed by atoms with Gasteiger partial charge in [-0.15, -0.1) is 0 Å². The standard InChI is InChI=1S/C16H17N3O/c1-11-16(13-3-5-14(20-2)6-4-13)19-8-7-12(10-17)9-15(19)18-11/h3-9H,10,17H2,1-2H3. The third-order valence-electron chi connectivity index (χ3n) is 3.46. The number of imidazole rings is 1. The Hall–Kier alpha value is -2.33. The van der Waals surface area contributed by atoms with Crippen molar-refractivity contribution < 1.29 is 4.74 Å². The van der Waals surface area contributed by atoms with Crippen LogP contribution in [-0.2, 0) is 6.54 Å². The van der Waals surface area contributed by atoms with Crippen LogP contribution in [0, 0.1) is 6.92 Å². The summed E-state index contributed by atoms with van der Waals surface area (Å²) in [6.07, 6.45) is 2.02. The molecule has 0 saturated heterocycles. The quantitative estimate of drug-likeness (QED) is 0.794. The van der Waals surface area contributed by atoms with Gasteiger partial charge in [-0.05, 0) is 48.9 Å². The average molecular weight is 267 g/mol. The molecule has 0 atom stereocenters. The molecule has 4 nitrogen and oxygen atoms in total. The Labute approximate surface area is 117 Å². The van der Waals surface area contributed by atoms with Gasteiger partial charge in [0, 0.05) is 18.3 Å². The number of aromatic nitrogens is 2. The molecular weight excluding hydrogens is 250 g/mol. The van der Waals surface area contributed by atoms with Crippen LogP contribution in [0.2, 0.25) is 0 Å². The SMILES string of the molecule is COc1ccc(-c2c(C)nc3cc(CN)ccn23)cc1. The highest BCUT2D eigenvalue weighted by molar-refractivity contribution is 5.68. The lowest BCUT2D eigenvalue weighted by Crippen LogP contribution is -1.97. The van der Waals surface area contributed by atoms with Crippen LogP contribution in [-0.4, -0.2) is 16.5 Å². The molecular formula is C16H17N3O. The van der Waals surface area contributed by atoms with Gasteiger partial charge in [-0.3, -0.25) is 4.40 Å². The van der Waals surface area contributed by atoms with Gasteiger partial charge in [0.1, 0.15) is 11.4 Å². The number of ether oxygens (including phenoxy) is 1. The first-order valence-corrected chi connectivity index (χ1v) is 6.55. The van der Waals surface area contributed by atoms with Crippen molar-refractivity contribution in [1.82, 2.24) is 9.38 Å². The van der Waals surface area contributed by atoms with E-state index in [1.807, 2.05) is 49.5 Å². The summed E-state index contributed by atoms with van der Waals surface area (Å²) >= 11 is 0. The van der Waals surface area contributed by atoms with Crippen LogP contribution < -0.4 is 10.5 Å². The number of benzene rings is 1. The fourth-order valence-electron chi connectivity index (χ4n) is 2.43. The van der Waals surface area contributed by atoms with Gasteiger partial charge in [0.25, 0.3) is 0 Å². The van der Waals surface area contributed by atoms with Crippen molar-refractivity contribution in [3.05, 3.63) is 53.9 Å². The van der Waals surface area contributed by atoms with Crippen molar-refractivity contribution in [1.29, 1.82) is 0 Å². The first kappa shape index (κ1) is 12.7. The molecule has 0 radical (unpaired) electrons. The predicted octanol–water partition coefficient (Wildman–Crippen LogP) is 2.78. The number of hydrogen-bond acceptors (Lipinski definition) is 3. The number of pyridine rings is 1. The number of hydrogen-bond donors (Lipinski definition) is 1. The largest absolute Gasteiger partial charge is 0.497 e. The molecule has 2 heterocycles. The van der Waals surface area contributed by atoms with E-state index in [-0.39, 0.29) is 0 Å². The van der Waals surface area contributed by atoms with E-state index < -0.39 is 0 Å². The summed E-state index contributed by atoms with van der Waals surface area (Å²) in [7, 11) is 1.67. The first-order chi connectivity index (χ1) is 9.72. The summed E-state index contributed by atoms with van der Waals surface area (Å²) in [6, 6.07) is 12.1. The number of aryl methyl sites for hydroxylation is 1. The van der Waals surface area contributed by atoms with E-state index in [1.54, 1.807) is 7.11 Å².